The highest BCUT2D eigenvalue weighted by Crippen LogP contribution is 2.47. The summed E-state index contributed by atoms with van der Waals surface area (Å²) < 4.78 is 40.4. The zero-order valence-corrected chi connectivity index (χ0v) is 13.8. The molecule has 1 aromatic carbocycles. The minimum Gasteiger partial charge on any atom is -0.461 e. The molecule has 2 aliphatic rings. The predicted octanol–water partition coefficient (Wildman–Crippen LogP) is 4.35. The lowest BCUT2D eigenvalue weighted by molar-refractivity contribution is -0.129. The van der Waals surface area contributed by atoms with Crippen molar-refractivity contribution in [2.24, 2.45) is 10.9 Å². The van der Waals surface area contributed by atoms with Crippen molar-refractivity contribution in [3.8, 4) is 5.75 Å². The molecule has 2 unspecified atom stereocenters. The van der Waals surface area contributed by atoms with Crippen molar-refractivity contribution in [2.75, 3.05) is 0 Å². The summed E-state index contributed by atoms with van der Waals surface area (Å²) in [5.41, 5.74) is 0.216. The molecule has 2 atom stereocenters. The molecule has 0 amide bonds. The molecule has 1 fully saturated rings. The second-order valence-electron chi connectivity index (χ2n) is 6.27. The number of furan rings is 1. The highest BCUT2D eigenvalue weighted by atomic mass is 19.3. The first-order valence-corrected chi connectivity index (χ1v) is 8.18. The van der Waals surface area contributed by atoms with Gasteiger partial charge in [0.05, 0.1) is 5.56 Å². The Balaban J connectivity index is 1.61. The van der Waals surface area contributed by atoms with Crippen LogP contribution >= 0.6 is 0 Å². The van der Waals surface area contributed by atoms with E-state index >= 15 is 0 Å². The number of para-hydroxylation sites is 1. The Morgan fingerprint density at radius 3 is 2.77 bits per heavy atom. The van der Waals surface area contributed by atoms with Gasteiger partial charge in [-0.1, -0.05) is 19.1 Å². The summed E-state index contributed by atoms with van der Waals surface area (Å²) in [6, 6.07) is 9.65. The van der Waals surface area contributed by atoms with Gasteiger partial charge in [0.2, 0.25) is 5.90 Å². The van der Waals surface area contributed by atoms with Crippen LogP contribution in [0.25, 0.3) is 6.08 Å². The Morgan fingerprint density at radius 2 is 2.04 bits per heavy atom. The van der Waals surface area contributed by atoms with Crippen LogP contribution in [0.2, 0.25) is 0 Å². The van der Waals surface area contributed by atoms with Crippen LogP contribution in [-0.2, 0) is 9.53 Å². The summed E-state index contributed by atoms with van der Waals surface area (Å²) in [4.78, 5) is 16.2. The first kappa shape index (κ1) is 16.5. The molecule has 0 bridgehead atoms. The Morgan fingerprint density at radius 1 is 1.27 bits per heavy atom. The fourth-order valence-corrected chi connectivity index (χ4v) is 2.86. The molecule has 26 heavy (non-hydrogen) atoms. The van der Waals surface area contributed by atoms with Gasteiger partial charge in [-0.15, -0.1) is 0 Å². The number of benzene rings is 1. The molecule has 2 aromatic rings. The summed E-state index contributed by atoms with van der Waals surface area (Å²) in [5.74, 6) is 1.54. The smallest absolute Gasteiger partial charge is 0.387 e. The molecule has 0 spiro atoms. The highest BCUT2D eigenvalue weighted by molar-refractivity contribution is 6.13. The topological polar surface area (TPSA) is 61.0 Å². The van der Waals surface area contributed by atoms with Crippen LogP contribution in [0, 0.1) is 5.92 Å². The zero-order valence-electron chi connectivity index (χ0n) is 13.8. The Hall–Kier alpha value is -2.96. The van der Waals surface area contributed by atoms with Gasteiger partial charge in [-0.2, -0.15) is 8.78 Å². The van der Waals surface area contributed by atoms with Crippen LogP contribution in [0.5, 0.6) is 5.75 Å². The van der Waals surface area contributed by atoms with E-state index in [1.54, 1.807) is 18.2 Å². The fraction of sp³-hybridized carbons (Fsp3) is 0.263. The van der Waals surface area contributed by atoms with Crippen LogP contribution in [0.15, 0.2) is 51.5 Å². The number of carbonyl (C=O) groups is 1. The quantitative estimate of drug-likeness (QED) is 0.588. The molecule has 7 heteroatoms. The maximum absolute atomic E-state index is 12.5. The molecular weight excluding hydrogens is 344 g/mol. The molecule has 4 rings (SSSR count). The Bertz CT molecular complexity index is 916. The minimum absolute atomic E-state index is 0.0385. The number of aliphatic imine (C=N–C) groups is 1. The monoisotopic (exact) mass is 359 g/mol. The summed E-state index contributed by atoms with van der Waals surface area (Å²) in [6.45, 7) is -0.843. The number of nitrogens with zero attached hydrogens (tertiary/aromatic N) is 1. The molecule has 1 aliphatic carbocycles. The number of esters is 1. The first-order chi connectivity index (χ1) is 12.5. The third-order valence-electron chi connectivity index (χ3n) is 4.36. The standard InChI is InChI=1S/C19H15F2NO4/c1-10-8-13(10)16-7-6-11(24-16)9-14-18(23)26-17(22-14)12-4-2-3-5-15(12)25-19(20)21/h2-7,9-10,13,19H,8H2,1H3/b14-9-. The maximum atomic E-state index is 12.5. The van der Waals surface area contributed by atoms with Crippen molar-refractivity contribution in [2.45, 2.75) is 25.9 Å². The van der Waals surface area contributed by atoms with Gasteiger partial charge in [0.25, 0.3) is 0 Å². The van der Waals surface area contributed by atoms with Gasteiger partial charge in [0, 0.05) is 12.0 Å². The Kier molecular flexibility index (Phi) is 4.06. The van der Waals surface area contributed by atoms with E-state index in [4.69, 9.17) is 9.15 Å². The van der Waals surface area contributed by atoms with E-state index in [2.05, 4.69) is 16.7 Å². The second kappa shape index (κ2) is 6.40. The van der Waals surface area contributed by atoms with Crippen LogP contribution in [0.3, 0.4) is 0 Å². The van der Waals surface area contributed by atoms with Crippen molar-refractivity contribution < 1.29 is 27.5 Å². The lowest BCUT2D eigenvalue weighted by atomic mass is 10.2. The zero-order chi connectivity index (χ0) is 18.3. The molecule has 2 heterocycles. The second-order valence-corrected chi connectivity index (χ2v) is 6.27. The van der Waals surface area contributed by atoms with Crippen molar-refractivity contribution in [1.82, 2.24) is 0 Å². The van der Waals surface area contributed by atoms with E-state index in [-0.39, 0.29) is 22.9 Å². The van der Waals surface area contributed by atoms with Gasteiger partial charge in [-0.3, -0.25) is 0 Å². The lowest BCUT2D eigenvalue weighted by Crippen LogP contribution is -2.10. The number of rotatable bonds is 5. The number of carbonyl (C=O) groups excluding carboxylic acids is 1. The molecular formula is C19H15F2NO4. The van der Waals surface area contributed by atoms with Gasteiger partial charge in [0.15, 0.2) is 5.70 Å². The number of hydrogen-bond acceptors (Lipinski definition) is 5. The molecule has 0 N–H and O–H groups in total. The highest BCUT2D eigenvalue weighted by Gasteiger charge is 2.36. The van der Waals surface area contributed by atoms with E-state index in [0.717, 1.165) is 12.2 Å². The van der Waals surface area contributed by atoms with Gasteiger partial charge < -0.3 is 13.9 Å². The van der Waals surface area contributed by atoms with Crippen LogP contribution in [0.4, 0.5) is 8.78 Å². The van der Waals surface area contributed by atoms with E-state index in [1.807, 2.05) is 6.07 Å². The average molecular weight is 359 g/mol. The molecule has 1 aromatic heterocycles. The third kappa shape index (κ3) is 3.24. The average Bonchev–Trinajstić information content (AvgIpc) is 3.00. The van der Waals surface area contributed by atoms with Gasteiger partial charge in [-0.25, -0.2) is 9.79 Å². The lowest BCUT2D eigenvalue weighted by Gasteiger charge is -2.08. The van der Waals surface area contributed by atoms with Gasteiger partial charge in [-0.05, 0) is 36.6 Å². The number of ether oxygens (including phenoxy) is 2. The van der Waals surface area contributed by atoms with Crippen molar-refractivity contribution in [1.29, 1.82) is 0 Å². The normalized spacial score (nSPS) is 23.3. The van der Waals surface area contributed by atoms with E-state index in [9.17, 15) is 13.6 Å². The number of alkyl halides is 2. The molecule has 134 valence electrons. The first-order valence-electron chi connectivity index (χ1n) is 8.18. The Labute approximate surface area is 147 Å². The SMILES string of the molecule is CC1CC1c1ccc(/C=C2\N=C(c3ccccc3OC(F)F)OC2=O)o1. The molecule has 0 saturated heterocycles. The molecule has 1 aliphatic heterocycles. The summed E-state index contributed by atoms with van der Waals surface area (Å²) in [7, 11) is 0. The van der Waals surface area contributed by atoms with Crippen LogP contribution < -0.4 is 4.74 Å². The molecule has 1 saturated carbocycles. The number of halogens is 2. The predicted molar refractivity (Wildman–Crippen MR) is 88.9 cm³/mol. The van der Waals surface area contributed by atoms with Crippen LogP contribution in [-0.4, -0.2) is 18.5 Å². The summed E-state index contributed by atoms with van der Waals surface area (Å²) in [5, 5.41) is 0. The number of hydrogen-bond donors (Lipinski definition) is 0. The van der Waals surface area contributed by atoms with Gasteiger partial charge >= 0.3 is 12.6 Å². The largest absolute Gasteiger partial charge is 0.461 e. The van der Waals surface area contributed by atoms with Gasteiger partial charge in [0.1, 0.15) is 17.3 Å². The van der Waals surface area contributed by atoms with Crippen LogP contribution in [0.1, 0.15) is 36.3 Å². The number of cyclic esters (lactones) is 1. The third-order valence-corrected chi connectivity index (χ3v) is 4.36. The summed E-state index contributed by atoms with van der Waals surface area (Å²) in [6.07, 6.45) is 2.57. The minimum atomic E-state index is -2.99. The fourth-order valence-electron chi connectivity index (χ4n) is 2.86. The molecule has 0 radical (unpaired) electrons. The van der Waals surface area contributed by atoms with Crippen molar-refractivity contribution in [3.63, 3.8) is 0 Å². The van der Waals surface area contributed by atoms with E-state index in [0.29, 0.717) is 17.6 Å². The van der Waals surface area contributed by atoms with Crippen molar-refractivity contribution >= 4 is 17.9 Å². The van der Waals surface area contributed by atoms with Crippen molar-refractivity contribution in [3.05, 3.63) is 59.2 Å². The molecule has 5 nitrogen and oxygen atoms in total. The van der Waals surface area contributed by atoms with E-state index in [1.165, 1.54) is 18.2 Å². The van der Waals surface area contributed by atoms with E-state index < -0.39 is 12.6 Å². The maximum Gasteiger partial charge on any atom is 0.387 e. The summed E-state index contributed by atoms with van der Waals surface area (Å²) >= 11 is 0.